The van der Waals surface area contributed by atoms with Crippen molar-refractivity contribution < 1.29 is 9.90 Å². The lowest BCUT2D eigenvalue weighted by molar-refractivity contribution is -0.127. The fourth-order valence-corrected chi connectivity index (χ4v) is 2.09. The quantitative estimate of drug-likeness (QED) is 0.597. The van der Waals surface area contributed by atoms with E-state index >= 15 is 0 Å². The molecule has 2 nitrogen and oxygen atoms in total. The van der Waals surface area contributed by atoms with Crippen LogP contribution in [0, 0.1) is 5.41 Å². The summed E-state index contributed by atoms with van der Waals surface area (Å²) in [7, 11) is 0. The fraction of sp³-hybridized carbons (Fsp3) is 0.700. The lowest BCUT2D eigenvalue weighted by Gasteiger charge is -2.35. The van der Waals surface area contributed by atoms with Crippen molar-refractivity contribution in [3.05, 3.63) is 11.6 Å². The number of ketones is 1. The van der Waals surface area contributed by atoms with E-state index in [1.54, 1.807) is 19.9 Å². The maximum absolute atomic E-state index is 11.6. The van der Waals surface area contributed by atoms with Crippen LogP contribution in [0.15, 0.2) is 11.6 Å². The van der Waals surface area contributed by atoms with Crippen molar-refractivity contribution in [1.82, 2.24) is 0 Å². The van der Waals surface area contributed by atoms with Crippen molar-refractivity contribution in [3.8, 4) is 0 Å². The normalized spacial score (nSPS) is 34.8. The third kappa shape index (κ3) is 1.58. The highest BCUT2D eigenvalue weighted by Crippen LogP contribution is 2.36. The maximum atomic E-state index is 11.6. The summed E-state index contributed by atoms with van der Waals surface area (Å²) >= 11 is 0. The maximum Gasteiger partial charge on any atom is 0.164 e. The monoisotopic (exact) mass is 168 g/mol. The van der Waals surface area contributed by atoms with Crippen LogP contribution in [0.4, 0.5) is 0 Å². The Kier molecular flexibility index (Phi) is 1.91. The second-order valence-electron chi connectivity index (χ2n) is 4.57. The van der Waals surface area contributed by atoms with Gasteiger partial charge < -0.3 is 5.11 Å². The van der Waals surface area contributed by atoms with Crippen LogP contribution in [0.3, 0.4) is 0 Å². The lowest BCUT2D eigenvalue weighted by Crippen LogP contribution is -2.40. The van der Waals surface area contributed by atoms with E-state index in [0.717, 1.165) is 0 Å². The minimum atomic E-state index is -0.818. The summed E-state index contributed by atoms with van der Waals surface area (Å²) in [5.41, 5.74) is -0.555. The third-order valence-corrected chi connectivity index (χ3v) is 2.30. The zero-order valence-electron chi connectivity index (χ0n) is 8.14. The second kappa shape index (κ2) is 2.43. The predicted molar refractivity (Wildman–Crippen MR) is 47.8 cm³/mol. The highest BCUT2D eigenvalue weighted by Gasteiger charge is 2.39. The highest BCUT2D eigenvalue weighted by molar-refractivity contribution is 6.00. The number of aliphatic hydroxyl groups is 1. The summed E-state index contributed by atoms with van der Waals surface area (Å²) in [6.07, 6.45) is 2.16. The first-order chi connectivity index (χ1) is 5.25. The van der Waals surface area contributed by atoms with Crippen LogP contribution in [-0.4, -0.2) is 16.5 Å². The number of hydrogen-bond acceptors (Lipinski definition) is 2. The SMILES string of the molecule is CC1=CC(C)(O)CC(C)(C)C1=O. The zero-order chi connectivity index (χ0) is 9.57. The Bertz CT molecular complexity index is 247. The Morgan fingerprint density at radius 2 is 1.92 bits per heavy atom. The standard InChI is InChI=1S/C10H16O2/c1-7-5-10(4,12)6-9(2,3)8(7)11/h5,12H,6H2,1-4H3. The van der Waals surface area contributed by atoms with Crippen LogP contribution in [0.2, 0.25) is 0 Å². The van der Waals surface area contributed by atoms with Crippen molar-refractivity contribution >= 4 is 5.78 Å². The summed E-state index contributed by atoms with van der Waals surface area (Å²) < 4.78 is 0. The molecule has 0 saturated heterocycles. The number of hydrogen-bond donors (Lipinski definition) is 1. The van der Waals surface area contributed by atoms with Gasteiger partial charge in [-0.1, -0.05) is 13.8 Å². The molecule has 0 amide bonds. The van der Waals surface area contributed by atoms with Crippen molar-refractivity contribution in [3.63, 3.8) is 0 Å². The van der Waals surface area contributed by atoms with Gasteiger partial charge in [-0.3, -0.25) is 4.79 Å². The van der Waals surface area contributed by atoms with Gasteiger partial charge in [0.1, 0.15) is 0 Å². The van der Waals surface area contributed by atoms with Crippen molar-refractivity contribution in [2.45, 2.75) is 39.7 Å². The molecular formula is C10H16O2. The molecule has 68 valence electrons. The largest absolute Gasteiger partial charge is 0.386 e. The first-order valence-electron chi connectivity index (χ1n) is 4.21. The summed E-state index contributed by atoms with van der Waals surface area (Å²) in [6.45, 7) is 7.25. The summed E-state index contributed by atoms with van der Waals surface area (Å²) in [6, 6.07) is 0. The van der Waals surface area contributed by atoms with Crippen molar-refractivity contribution in [1.29, 1.82) is 0 Å². The summed E-state index contributed by atoms with van der Waals surface area (Å²) in [5, 5.41) is 9.77. The number of rotatable bonds is 0. The Labute approximate surface area is 73.3 Å². The van der Waals surface area contributed by atoms with Crippen LogP contribution in [0.25, 0.3) is 0 Å². The number of Topliss-reactive ketones (excluding diaryl/α,β-unsaturated/α-hetero) is 1. The minimum Gasteiger partial charge on any atom is -0.386 e. The van der Waals surface area contributed by atoms with Gasteiger partial charge in [-0.25, -0.2) is 0 Å². The smallest absolute Gasteiger partial charge is 0.164 e. The van der Waals surface area contributed by atoms with E-state index in [9.17, 15) is 9.90 Å². The van der Waals surface area contributed by atoms with Crippen LogP contribution in [0.1, 0.15) is 34.1 Å². The molecule has 0 radical (unpaired) electrons. The van der Waals surface area contributed by atoms with Gasteiger partial charge in [0.25, 0.3) is 0 Å². The molecule has 0 heterocycles. The molecule has 1 N–H and O–H groups in total. The molecule has 0 spiro atoms. The predicted octanol–water partition coefficient (Wildman–Crippen LogP) is 1.68. The van der Waals surface area contributed by atoms with Crippen molar-refractivity contribution in [2.24, 2.45) is 5.41 Å². The van der Waals surface area contributed by atoms with Crippen LogP contribution < -0.4 is 0 Å². The number of carbonyl (C=O) groups is 1. The van der Waals surface area contributed by atoms with Gasteiger partial charge >= 0.3 is 0 Å². The zero-order valence-corrected chi connectivity index (χ0v) is 8.14. The molecule has 1 rings (SSSR count). The molecular weight excluding hydrogens is 152 g/mol. The molecule has 2 heteroatoms. The second-order valence-corrected chi connectivity index (χ2v) is 4.57. The third-order valence-electron chi connectivity index (χ3n) is 2.30. The van der Waals surface area contributed by atoms with E-state index < -0.39 is 11.0 Å². The first kappa shape index (κ1) is 9.46. The Hall–Kier alpha value is -0.630. The first-order valence-corrected chi connectivity index (χ1v) is 4.21. The Morgan fingerprint density at radius 3 is 2.33 bits per heavy atom. The van der Waals surface area contributed by atoms with Crippen LogP contribution in [0.5, 0.6) is 0 Å². The van der Waals surface area contributed by atoms with E-state index in [4.69, 9.17) is 0 Å². The average molecular weight is 168 g/mol. The topological polar surface area (TPSA) is 37.3 Å². The van der Waals surface area contributed by atoms with E-state index in [0.29, 0.717) is 12.0 Å². The van der Waals surface area contributed by atoms with E-state index in [2.05, 4.69) is 0 Å². The molecule has 1 atom stereocenters. The van der Waals surface area contributed by atoms with Gasteiger partial charge in [0, 0.05) is 5.41 Å². The van der Waals surface area contributed by atoms with Crippen LogP contribution in [-0.2, 0) is 4.79 Å². The molecule has 0 aromatic rings. The number of allylic oxidation sites excluding steroid dienone is 1. The van der Waals surface area contributed by atoms with Crippen LogP contribution >= 0.6 is 0 Å². The molecule has 1 aliphatic carbocycles. The molecule has 0 aromatic carbocycles. The number of carbonyl (C=O) groups excluding carboxylic acids is 1. The Balaban J connectivity index is 3.09. The molecule has 0 bridgehead atoms. The molecule has 1 unspecified atom stereocenters. The molecule has 1 aliphatic rings. The van der Waals surface area contributed by atoms with Gasteiger partial charge in [0.05, 0.1) is 5.60 Å². The fourth-order valence-electron chi connectivity index (χ4n) is 2.09. The molecule has 0 saturated carbocycles. The molecule has 12 heavy (non-hydrogen) atoms. The van der Waals surface area contributed by atoms with Crippen molar-refractivity contribution in [2.75, 3.05) is 0 Å². The van der Waals surface area contributed by atoms with Gasteiger partial charge in [-0.15, -0.1) is 0 Å². The summed E-state index contributed by atoms with van der Waals surface area (Å²) in [4.78, 5) is 11.6. The van der Waals surface area contributed by atoms with Gasteiger partial charge in [0.15, 0.2) is 5.78 Å². The van der Waals surface area contributed by atoms with E-state index in [1.807, 2.05) is 13.8 Å². The van der Waals surface area contributed by atoms with Gasteiger partial charge in [0.2, 0.25) is 0 Å². The average Bonchev–Trinajstić information content (AvgIpc) is 1.79. The Morgan fingerprint density at radius 1 is 1.42 bits per heavy atom. The van der Waals surface area contributed by atoms with E-state index in [1.165, 1.54) is 0 Å². The minimum absolute atomic E-state index is 0.147. The molecule has 0 aromatic heterocycles. The molecule has 0 fully saturated rings. The van der Waals surface area contributed by atoms with E-state index in [-0.39, 0.29) is 5.78 Å². The highest BCUT2D eigenvalue weighted by atomic mass is 16.3. The lowest BCUT2D eigenvalue weighted by atomic mass is 9.71. The summed E-state index contributed by atoms with van der Waals surface area (Å²) in [5.74, 6) is 0.147. The molecule has 0 aliphatic heterocycles. The van der Waals surface area contributed by atoms with Gasteiger partial charge in [-0.05, 0) is 31.9 Å². The van der Waals surface area contributed by atoms with Gasteiger partial charge in [-0.2, -0.15) is 0 Å².